The third-order valence-electron chi connectivity index (χ3n) is 4.62. The summed E-state index contributed by atoms with van der Waals surface area (Å²) in [5.41, 5.74) is 6.64. The van der Waals surface area contributed by atoms with E-state index in [2.05, 4.69) is 30.8 Å². The van der Waals surface area contributed by atoms with Crippen molar-refractivity contribution in [3.63, 3.8) is 0 Å². The molecule has 2 aromatic heterocycles. The molecule has 0 aliphatic heterocycles. The predicted molar refractivity (Wildman–Crippen MR) is 142 cm³/mol. The number of nitrogens with two attached hydrogens (primary N) is 1. The molecule has 4 aromatic rings. The molecule has 14 heteroatoms. The number of nitrogens with zero attached hydrogens (tertiary/aromatic N) is 4. The van der Waals surface area contributed by atoms with Gasteiger partial charge in [-0.2, -0.15) is 4.98 Å². The molecule has 0 amide bonds. The maximum absolute atomic E-state index is 12.8. The molecule has 182 valence electrons. The van der Waals surface area contributed by atoms with Gasteiger partial charge in [0.1, 0.15) is 5.02 Å². The Kier molecular flexibility index (Phi) is 7.67. The van der Waals surface area contributed by atoms with Gasteiger partial charge in [-0.15, -0.1) is 10.2 Å². The lowest BCUT2D eigenvalue weighted by Crippen LogP contribution is -2.15. The highest BCUT2D eigenvalue weighted by molar-refractivity contribution is 8.01. The summed E-state index contributed by atoms with van der Waals surface area (Å²) >= 11 is 15.4. The van der Waals surface area contributed by atoms with E-state index >= 15 is 0 Å². The smallest absolute Gasteiger partial charge is 0.229 e. The lowest BCUT2D eigenvalue weighted by Gasteiger charge is -2.15. The van der Waals surface area contributed by atoms with Gasteiger partial charge in [-0.1, -0.05) is 58.4 Å². The number of halogens is 2. The van der Waals surface area contributed by atoms with Crippen LogP contribution in [0.3, 0.4) is 0 Å². The molecule has 0 spiro atoms. The minimum absolute atomic E-state index is 0.163. The van der Waals surface area contributed by atoms with Crippen LogP contribution in [0.25, 0.3) is 0 Å². The average molecular weight is 569 g/mol. The van der Waals surface area contributed by atoms with Crippen LogP contribution < -0.4 is 16.4 Å². The van der Waals surface area contributed by atoms with Gasteiger partial charge in [0.25, 0.3) is 0 Å². The summed E-state index contributed by atoms with van der Waals surface area (Å²) in [6, 6.07) is 12.0. The molecule has 0 fully saturated rings. The molecule has 35 heavy (non-hydrogen) atoms. The molecule has 0 unspecified atom stereocenters. The zero-order chi connectivity index (χ0) is 25.2. The molecular formula is C21H19Cl2N7O2S3. The highest BCUT2D eigenvalue weighted by atomic mass is 35.5. The molecule has 0 radical (unpaired) electrons. The van der Waals surface area contributed by atoms with Crippen molar-refractivity contribution in [1.82, 2.24) is 20.2 Å². The monoisotopic (exact) mass is 567 g/mol. The molecular weight excluding hydrogens is 549 g/mol. The van der Waals surface area contributed by atoms with E-state index in [1.54, 1.807) is 44.2 Å². The lowest BCUT2D eigenvalue weighted by molar-refractivity contribution is 0.588. The second-order valence-electron chi connectivity index (χ2n) is 7.38. The predicted octanol–water partition coefficient (Wildman–Crippen LogP) is 6.04. The van der Waals surface area contributed by atoms with Gasteiger partial charge in [-0.25, -0.2) is 13.4 Å². The van der Waals surface area contributed by atoms with Crippen LogP contribution in [0.5, 0.6) is 0 Å². The number of para-hydroxylation sites is 1. The van der Waals surface area contributed by atoms with Crippen LogP contribution >= 0.6 is 46.3 Å². The van der Waals surface area contributed by atoms with Crippen molar-refractivity contribution >= 4 is 84.4 Å². The zero-order valence-electron chi connectivity index (χ0n) is 18.4. The summed E-state index contributed by atoms with van der Waals surface area (Å²) in [6.45, 7) is 3.26. The number of hydrogen-bond acceptors (Lipinski definition) is 11. The first kappa shape index (κ1) is 25.5. The maximum Gasteiger partial charge on any atom is 0.229 e. The Hall–Kier alpha value is -2.64. The third-order valence-corrected chi connectivity index (χ3v) is 9.41. The number of sulfone groups is 1. The molecule has 9 nitrogen and oxygen atoms in total. The van der Waals surface area contributed by atoms with Gasteiger partial charge in [0.2, 0.25) is 11.1 Å². The SMILES string of the molecule is CC(C)S(=O)(=O)c1ccccc1Nc1nc(Nc2ccc(Sc3nnc(N)s3)c(Cl)c2)ncc1Cl. The molecule has 0 saturated heterocycles. The molecule has 4 N–H and O–H groups in total. The average Bonchev–Trinajstić information content (AvgIpc) is 3.22. The fourth-order valence-electron chi connectivity index (χ4n) is 2.86. The highest BCUT2D eigenvalue weighted by Gasteiger charge is 2.23. The Bertz CT molecular complexity index is 1480. The summed E-state index contributed by atoms with van der Waals surface area (Å²) in [5, 5.41) is 14.4. The Labute approximate surface area is 220 Å². The Morgan fingerprint density at radius 1 is 1.06 bits per heavy atom. The van der Waals surface area contributed by atoms with Crippen LogP contribution in [-0.4, -0.2) is 33.8 Å². The van der Waals surface area contributed by atoms with Gasteiger partial charge in [-0.05, 0) is 44.2 Å². The van der Waals surface area contributed by atoms with Gasteiger partial charge in [0, 0.05) is 10.6 Å². The molecule has 2 aromatic carbocycles. The summed E-state index contributed by atoms with van der Waals surface area (Å²) in [7, 11) is -3.53. The van der Waals surface area contributed by atoms with E-state index in [9.17, 15) is 8.42 Å². The summed E-state index contributed by atoms with van der Waals surface area (Å²) < 4.78 is 26.2. The largest absolute Gasteiger partial charge is 0.374 e. The van der Waals surface area contributed by atoms with E-state index in [1.165, 1.54) is 29.3 Å². The van der Waals surface area contributed by atoms with Gasteiger partial charge in [0.15, 0.2) is 20.0 Å². The first-order valence-electron chi connectivity index (χ1n) is 10.1. The first-order chi connectivity index (χ1) is 16.6. The van der Waals surface area contributed by atoms with E-state index in [1.807, 2.05) is 12.1 Å². The van der Waals surface area contributed by atoms with Crippen molar-refractivity contribution in [2.45, 2.75) is 33.2 Å². The minimum atomic E-state index is -3.53. The molecule has 0 aliphatic carbocycles. The standard InChI is InChI=1S/C21H19Cl2N7O2S3/c1-11(2)35(31,32)17-6-4-3-5-15(17)27-18-14(23)10-25-20(28-18)26-12-7-8-16(13(22)9-12)33-21-30-29-19(24)34-21/h3-11H,1-2H3,(H2,24,29)(H2,25,26,27,28). The fourth-order valence-corrected chi connectivity index (χ4v) is 6.09. The number of rotatable bonds is 8. The normalized spacial score (nSPS) is 11.6. The molecule has 0 saturated carbocycles. The van der Waals surface area contributed by atoms with Gasteiger partial charge in [0.05, 0.1) is 27.1 Å². The number of benzene rings is 2. The van der Waals surface area contributed by atoms with Crippen molar-refractivity contribution in [3.05, 3.63) is 58.7 Å². The number of nitrogen functional groups attached to an aromatic ring is 1. The Morgan fingerprint density at radius 3 is 2.51 bits per heavy atom. The van der Waals surface area contributed by atoms with Crippen LogP contribution in [-0.2, 0) is 9.84 Å². The summed E-state index contributed by atoms with van der Waals surface area (Å²) in [5.74, 6) is 0.497. The molecule has 0 aliphatic rings. The fraction of sp³-hybridized carbons (Fsp3) is 0.143. The molecule has 0 bridgehead atoms. The topological polar surface area (TPSA) is 136 Å². The second-order valence-corrected chi connectivity index (χ2v) is 13.0. The van der Waals surface area contributed by atoms with Crippen LogP contribution in [0, 0.1) is 0 Å². The van der Waals surface area contributed by atoms with Crippen molar-refractivity contribution in [1.29, 1.82) is 0 Å². The van der Waals surface area contributed by atoms with Crippen LogP contribution in [0.2, 0.25) is 10.0 Å². The van der Waals surface area contributed by atoms with E-state index < -0.39 is 15.1 Å². The first-order valence-corrected chi connectivity index (χ1v) is 14.0. The van der Waals surface area contributed by atoms with Crippen LogP contribution in [0.15, 0.2) is 62.8 Å². The quantitative estimate of drug-likeness (QED) is 0.231. The van der Waals surface area contributed by atoms with Gasteiger partial charge in [-0.3, -0.25) is 0 Å². The van der Waals surface area contributed by atoms with Gasteiger partial charge >= 0.3 is 0 Å². The van der Waals surface area contributed by atoms with Crippen molar-refractivity contribution < 1.29 is 8.42 Å². The minimum Gasteiger partial charge on any atom is -0.374 e. The summed E-state index contributed by atoms with van der Waals surface area (Å²) in [6.07, 6.45) is 1.42. The number of nitrogens with one attached hydrogen (secondary N) is 2. The molecule has 4 rings (SSSR count). The molecule has 0 atom stereocenters. The zero-order valence-corrected chi connectivity index (χ0v) is 22.3. The maximum atomic E-state index is 12.8. The van der Waals surface area contributed by atoms with E-state index in [0.29, 0.717) is 25.9 Å². The highest BCUT2D eigenvalue weighted by Crippen LogP contribution is 2.37. The van der Waals surface area contributed by atoms with E-state index in [-0.39, 0.29) is 21.7 Å². The van der Waals surface area contributed by atoms with Crippen molar-refractivity contribution in [2.75, 3.05) is 16.4 Å². The van der Waals surface area contributed by atoms with Crippen molar-refractivity contribution in [3.8, 4) is 0 Å². The number of hydrogen-bond donors (Lipinski definition) is 3. The third kappa shape index (κ3) is 5.96. The number of anilines is 5. The Morgan fingerprint density at radius 2 is 1.83 bits per heavy atom. The molecule has 2 heterocycles. The van der Waals surface area contributed by atoms with E-state index in [0.717, 1.165) is 4.90 Å². The second kappa shape index (κ2) is 10.5. The lowest BCUT2D eigenvalue weighted by atomic mass is 10.3. The van der Waals surface area contributed by atoms with Gasteiger partial charge < -0.3 is 16.4 Å². The van der Waals surface area contributed by atoms with Crippen molar-refractivity contribution in [2.24, 2.45) is 0 Å². The number of aromatic nitrogens is 4. The van der Waals surface area contributed by atoms with Crippen LogP contribution in [0.1, 0.15) is 13.8 Å². The Balaban J connectivity index is 1.56. The van der Waals surface area contributed by atoms with Crippen LogP contribution in [0.4, 0.5) is 28.3 Å². The summed E-state index contributed by atoms with van der Waals surface area (Å²) in [4.78, 5) is 9.57. The van der Waals surface area contributed by atoms with E-state index in [4.69, 9.17) is 28.9 Å².